The Balaban J connectivity index is 1.75. The van der Waals surface area contributed by atoms with Crippen molar-refractivity contribution in [3.05, 3.63) is 81.9 Å². The Bertz CT molecular complexity index is 1710. The van der Waals surface area contributed by atoms with E-state index in [1.54, 1.807) is 36.4 Å². The highest BCUT2D eigenvalue weighted by Gasteiger charge is 2.27. The van der Waals surface area contributed by atoms with E-state index in [9.17, 15) is 8.42 Å². The molecule has 172 valence electrons. The maximum Gasteiger partial charge on any atom is 0.229 e. The summed E-state index contributed by atoms with van der Waals surface area (Å²) >= 11 is 6.28. The van der Waals surface area contributed by atoms with Gasteiger partial charge in [0, 0.05) is 16.1 Å². The number of aryl methyl sites for hydroxylation is 4. The zero-order valence-electron chi connectivity index (χ0n) is 19.1. The smallest absolute Gasteiger partial charge is 0.229 e. The van der Waals surface area contributed by atoms with E-state index >= 15 is 0 Å². The van der Waals surface area contributed by atoms with Crippen LogP contribution in [0.2, 0.25) is 5.02 Å². The lowest BCUT2D eigenvalue weighted by Gasteiger charge is -2.12. The van der Waals surface area contributed by atoms with Gasteiger partial charge in [-0.15, -0.1) is 5.10 Å². The molecule has 1 N–H and O–H groups in total. The predicted molar refractivity (Wildman–Crippen MR) is 134 cm³/mol. The number of benzene rings is 3. The predicted octanol–water partition coefficient (Wildman–Crippen LogP) is 5.74. The van der Waals surface area contributed by atoms with Gasteiger partial charge in [0.15, 0.2) is 5.65 Å². The molecule has 2 aromatic heterocycles. The van der Waals surface area contributed by atoms with Crippen LogP contribution in [0.15, 0.2) is 64.5 Å². The van der Waals surface area contributed by atoms with Gasteiger partial charge in [-0.1, -0.05) is 28.9 Å². The minimum Gasteiger partial charge on any atom is -0.340 e. The van der Waals surface area contributed by atoms with Crippen molar-refractivity contribution in [3.63, 3.8) is 0 Å². The molecule has 0 aliphatic rings. The highest BCUT2D eigenvalue weighted by molar-refractivity contribution is 7.91. The summed E-state index contributed by atoms with van der Waals surface area (Å²) in [6, 6.07) is 16.3. The molecule has 0 amide bonds. The van der Waals surface area contributed by atoms with E-state index in [-0.39, 0.29) is 15.6 Å². The molecule has 0 unspecified atom stereocenters. The Morgan fingerprint density at radius 3 is 2.26 bits per heavy atom. The summed E-state index contributed by atoms with van der Waals surface area (Å²) in [4.78, 5) is 4.83. The number of nitrogens with one attached hydrogen (secondary N) is 1. The average molecular weight is 492 g/mol. The summed E-state index contributed by atoms with van der Waals surface area (Å²) in [6.07, 6.45) is 0. The van der Waals surface area contributed by atoms with E-state index in [0.717, 1.165) is 22.4 Å². The average Bonchev–Trinajstić information content (AvgIpc) is 3.23. The molecule has 5 aromatic rings. The fourth-order valence-electron chi connectivity index (χ4n) is 3.79. The first kappa shape index (κ1) is 22.3. The lowest BCUT2D eigenvalue weighted by atomic mass is 10.1. The Labute approximate surface area is 202 Å². The minimum atomic E-state index is -3.95. The summed E-state index contributed by atoms with van der Waals surface area (Å²) in [5, 5.41) is 12.5. The highest BCUT2D eigenvalue weighted by Crippen LogP contribution is 2.32. The number of halogens is 1. The zero-order valence-corrected chi connectivity index (χ0v) is 20.7. The molecule has 5 rings (SSSR count). The first-order chi connectivity index (χ1) is 16.1. The van der Waals surface area contributed by atoms with Crippen LogP contribution in [-0.4, -0.2) is 28.2 Å². The fourth-order valence-corrected chi connectivity index (χ4v) is 5.28. The number of nitrogens with zero attached hydrogens (tertiary/aromatic N) is 4. The second-order valence-electron chi connectivity index (χ2n) is 8.43. The Hall–Kier alpha value is -3.49. The third-order valence-corrected chi connectivity index (χ3v) is 7.97. The summed E-state index contributed by atoms with van der Waals surface area (Å²) in [6.45, 7) is 7.88. The van der Waals surface area contributed by atoms with Crippen molar-refractivity contribution < 1.29 is 8.42 Å². The van der Waals surface area contributed by atoms with Crippen molar-refractivity contribution in [2.24, 2.45) is 0 Å². The number of anilines is 2. The molecule has 0 aliphatic carbocycles. The first-order valence-electron chi connectivity index (χ1n) is 10.7. The number of rotatable bonds is 4. The van der Waals surface area contributed by atoms with Gasteiger partial charge in [-0.25, -0.2) is 13.4 Å². The Kier molecular flexibility index (Phi) is 5.30. The molecular formula is C25H22ClN5O2S. The third-order valence-electron chi connectivity index (χ3n) is 6.09. The van der Waals surface area contributed by atoms with Gasteiger partial charge < -0.3 is 5.32 Å². The molecule has 2 heterocycles. The number of aromatic nitrogens is 4. The van der Waals surface area contributed by atoms with E-state index in [1.165, 1.54) is 10.1 Å². The molecule has 0 saturated heterocycles. The largest absolute Gasteiger partial charge is 0.340 e. The Morgan fingerprint density at radius 2 is 1.56 bits per heavy atom. The van der Waals surface area contributed by atoms with Gasteiger partial charge in [0.05, 0.1) is 10.4 Å². The van der Waals surface area contributed by atoms with Gasteiger partial charge in [0.25, 0.3) is 0 Å². The summed E-state index contributed by atoms with van der Waals surface area (Å²) in [5.41, 5.74) is 5.78. The molecule has 0 atom stereocenters. The molecule has 3 aromatic carbocycles. The molecule has 7 nitrogen and oxygen atoms in total. The molecule has 34 heavy (non-hydrogen) atoms. The SMILES string of the molecule is Cc1ccc(Nc2nc3c(S(=O)(=O)c4ccc(C)c(C)c4)nnn3c3ccc(Cl)cc23)cc1C. The second-order valence-corrected chi connectivity index (χ2v) is 10.7. The normalized spacial score (nSPS) is 11.9. The van der Waals surface area contributed by atoms with E-state index in [0.29, 0.717) is 21.7 Å². The van der Waals surface area contributed by atoms with E-state index in [1.807, 2.05) is 45.9 Å². The standard InChI is InChI=1S/C25H22ClN5O2S/c1-14-5-8-19(11-16(14)3)27-23-21-13-18(26)7-10-22(21)31-24(28-23)25(29-30-31)34(32,33)20-9-6-15(2)17(4)12-20/h5-13H,1-4H3,(H,27,28). The molecule has 0 saturated carbocycles. The quantitative estimate of drug-likeness (QED) is 0.344. The fraction of sp³-hybridized carbons (Fsp3) is 0.160. The number of hydrogen-bond acceptors (Lipinski definition) is 6. The van der Waals surface area contributed by atoms with Crippen LogP contribution < -0.4 is 5.32 Å². The second kappa shape index (κ2) is 8.07. The maximum atomic E-state index is 13.5. The number of fused-ring (bicyclic) bond motifs is 3. The van der Waals surface area contributed by atoms with Gasteiger partial charge in [0.2, 0.25) is 14.9 Å². The highest BCUT2D eigenvalue weighted by atomic mass is 35.5. The lowest BCUT2D eigenvalue weighted by molar-refractivity contribution is 0.592. The molecule has 0 spiro atoms. The molecule has 0 bridgehead atoms. The van der Waals surface area contributed by atoms with Gasteiger partial charge in [0.1, 0.15) is 5.82 Å². The number of sulfone groups is 1. The van der Waals surface area contributed by atoms with Crippen LogP contribution in [0.3, 0.4) is 0 Å². The molecular weight excluding hydrogens is 470 g/mol. The van der Waals surface area contributed by atoms with Crippen molar-refractivity contribution in [1.29, 1.82) is 0 Å². The van der Waals surface area contributed by atoms with Crippen LogP contribution in [-0.2, 0) is 9.84 Å². The topological polar surface area (TPSA) is 89.2 Å². The number of hydrogen-bond donors (Lipinski definition) is 1. The van der Waals surface area contributed by atoms with Crippen LogP contribution in [0.1, 0.15) is 22.3 Å². The van der Waals surface area contributed by atoms with Crippen LogP contribution in [0.4, 0.5) is 11.5 Å². The molecule has 9 heteroatoms. The minimum absolute atomic E-state index is 0.138. The molecule has 0 fully saturated rings. The third kappa shape index (κ3) is 3.69. The monoisotopic (exact) mass is 491 g/mol. The van der Waals surface area contributed by atoms with Crippen molar-refractivity contribution in [3.8, 4) is 0 Å². The summed E-state index contributed by atoms with van der Waals surface area (Å²) in [5.74, 6) is 0.465. The van der Waals surface area contributed by atoms with E-state index in [4.69, 9.17) is 11.6 Å². The van der Waals surface area contributed by atoms with Crippen LogP contribution in [0, 0.1) is 27.7 Å². The van der Waals surface area contributed by atoms with Crippen LogP contribution >= 0.6 is 11.6 Å². The van der Waals surface area contributed by atoms with Gasteiger partial charge in [-0.05, 0) is 92.4 Å². The maximum absolute atomic E-state index is 13.5. The molecule has 0 aliphatic heterocycles. The van der Waals surface area contributed by atoms with Crippen molar-refractivity contribution in [2.75, 3.05) is 5.32 Å². The van der Waals surface area contributed by atoms with E-state index in [2.05, 4.69) is 20.6 Å². The summed E-state index contributed by atoms with van der Waals surface area (Å²) < 4.78 is 28.5. The Morgan fingerprint density at radius 1 is 0.853 bits per heavy atom. The van der Waals surface area contributed by atoms with Crippen molar-refractivity contribution in [2.45, 2.75) is 37.6 Å². The van der Waals surface area contributed by atoms with E-state index < -0.39 is 9.84 Å². The first-order valence-corrected chi connectivity index (χ1v) is 12.5. The summed E-state index contributed by atoms with van der Waals surface area (Å²) in [7, 11) is -3.95. The van der Waals surface area contributed by atoms with Gasteiger partial charge >= 0.3 is 0 Å². The van der Waals surface area contributed by atoms with Gasteiger partial charge in [-0.3, -0.25) is 0 Å². The molecule has 0 radical (unpaired) electrons. The zero-order chi connectivity index (χ0) is 24.2. The van der Waals surface area contributed by atoms with Crippen molar-refractivity contribution >= 4 is 49.5 Å². The van der Waals surface area contributed by atoms with Crippen molar-refractivity contribution in [1.82, 2.24) is 19.8 Å². The van der Waals surface area contributed by atoms with Gasteiger partial charge in [-0.2, -0.15) is 4.52 Å². The van der Waals surface area contributed by atoms with Crippen LogP contribution in [0.25, 0.3) is 16.6 Å². The lowest BCUT2D eigenvalue weighted by Crippen LogP contribution is -2.06. The van der Waals surface area contributed by atoms with Crippen LogP contribution in [0.5, 0.6) is 0 Å².